The van der Waals surface area contributed by atoms with Crippen molar-refractivity contribution in [2.75, 3.05) is 103 Å². The molecule has 0 bridgehead atoms. The number of alkyl halides is 2. The molecule has 0 unspecified atom stereocenters. The van der Waals surface area contributed by atoms with Crippen molar-refractivity contribution in [2.45, 2.75) is 44.1 Å². The van der Waals surface area contributed by atoms with Crippen LogP contribution in [0.15, 0.2) is 30.5 Å². The van der Waals surface area contributed by atoms with E-state index in [1.54, 1.807) is 39.0 Å². The van der Waals surface area contributed by atoms with Gasteiger partial charge in [-0.2, -0.15) is 5.26 Å². The van der Waals surface area contributed by atoms with E-state index < -0.39 is 61.2 Å². The monoisotopic (exact) mass is 884 g/mol. The first kappa shape index (κ1) is 48.1. The summed E-state index contributed by atoms with van der Waals surface area (Å²) in [5.41, 5.74) is 0.993. The Bertz CT molecular complexity index is 2010. The number of carboxylic acid groups (broad SMARTS) is 3. The lowest BCUT2D eigenvalue weighted by Crippen LogP contribution is -2.50. The summed E-state index contributed by atoms with van der Waals surface area (Å²) in [5.74, 6) is -8.47. The second-order valence-corrected chi connectivity index (χ2v) is 16.3. The number of nitriles is 1. The molecule has 1 aliphatic carbocycles. The fraction of sp³-hybridized carbons (Fsp3) is 0.585. The number of carboxylic acids is 3. The molecule has 342 valence electrons. The van der Waals surface area contributed by atoms with E-state index in [2.05, 4.69) is 20.9 Å². The lowest BCUT2D eigenvalue weighted by atomic mass is 9.81. The summed E-state index contributed by atoms with van der Waals surface area (Å²) < 4.78 is 27.7. The third kappa shape index (κ3) is 14.9. The van der Waals surface area contributed by atoms with Crippen LogP contribution in [-0.2, 0) is 28.8 Å². The molecule has 4 amide bonds. The Balaban J connectivity index is 1.10. The number of fused-ring (bicyclic) bond motifs is 1. The van der Waals surface area contributed by atoms with Gasteiger partial charge in [0.2, 0.25) is 17.7 Å². The van der Waals surface area contributed by atoms with Crippen molar-refractivity contribution in [3.63, 3.8) is 0 Å². The van der Waals surface area contributed by atoms with E-state index in [-0.39, 0.29) is 94.7 Å². The lowest BCUT2D eigenvalue weighted by Gasteiger charge is -2.33. The number of aliphatic carboxylic acids is 3. The number of halogens is 2. The molecule has 2 aliphatic heterocycles. The first-order valence-electron chi connectivity index (χ1n) is 20.8. The van der Waals surface area contributed by atoms with Crippen LogP contribution in [0.25, 0.3) is 10.9 Å². The number of carbonyl (C=O) groups excluding carboxylic acids is 4. The molecule has 1 aromatic heterocycles. The molecule has 1 aromatic carbocycles. The Kier molecular flexibility index (Phi) is 17.2. The molecule has 6 N–H and O–H groups in total. The molecular formula is C41H54F2N10O10. The van der Waals surface area contributed by atoms with Gasteiger partial charge in [-0.1, -0.05) is 0 Å². The van der Waals surface area contributed by atoms with Crippen molar-refractivity contribution in [1.29, 1.82) is 5.26 Å². The zero-order chi connectivity index (χ0) is 45.7. The van der Waals surface area contributed by atoms with Gasteiger partial charge in [0.15, 0.2) is 0 Å². The van der Waals surface area contributed by atoms with Crippen LogP contribution in [-0.4, -0.2) is 196 Å². The second kappa shape index (κ2) is 22.5. The molecule has 0 radical (unpaired) electrons. The summed E-state index contributed by atoms with van der Waals surface area (Å²) in [6.45, 7) is 0.364. The zero-order valence-corrected chi connectivity index (χ0v) is 34.8. The third-order valence-corrected chi connectivity index (χ3v) is 11.6. The fourth-order valence-corrected chi connectivity index (χ4v) is 8.14. The molecule has 20 nitrogen and oxygen atoms in total. The van der Waals surface area contributed by atoms with Gasteiger partial charge in [0, 0.05) is 88.5 Å². The van der Waals surface area contributed by atoms with Crippen LogP contribution in [0.5, 0.6) is 0 Å². The number of hydrogen-bond donors (Lipinski definition) is 6. The number of hydrogen-bond acceptors (Lipinski definition) is 13. The van der Waals surface area contributed by atoms with E-state index in [1.807, 2.05) is 4.90 Å². The molecule has 22 heteroatoms. The molecule has 1 saturated carbocycles. The number of amides is 4. The number of anilines is 1. The maximum atomic E-state index is 13.8. The van der Waals surface area contributed by atoms with E-state index in [4.69, 9.17) is 0 Å². The van der Waals surface area contributed by atoms with Gasteiger partial charge in [-0.25, -0.2) is 8.78 Å². The van der Waals surface area contributed by atoms with Crippen LogP contribution in [0.1, 0.15) is 42.5 Å². The molecule has 3 fully saturated rings. The lowest BCUT2D eigenvalue weighted by molar-refractivity contribution is -0.140. The van der Waals surface area contributed by atoms with Crippen molar-refractivity contribution < 1.29 is 57.7 Å². The molecule has 2 saturated heterocycles. The highest BCUT2D eigenvalue weighted by Gasteiger charge is 2.47. The number of likely N-dealkylation sites (tertiary alicyclic amines) is 1. The predicted octanol–water partition coefficient (Wildman–Crippen LogP) is 0.0609. The molecular weight excluding hydrogens is 831 g/mol. The maximum Gasteiger partial charge on any atom is 0.317 e. The zero-order valence-electron chi connectivity index (χ0n) is 34.8. The first-order valence-corrected chi connectivity index (χ1v) is 20.8. The highest BCUT2D eigenvalue weighted by atomic mass is 19.3. The summed E-state index contributed by atoms with van der Waals surface area (Å²) >= 11 is 0. The number of aromatic nitrogens is 1. The number of pyridine rings is 1. The van der Waals surface area contributed by atoms with E-state index in [1.165, 1.54) is 12.3 Å². The summed E-state index contributed by atoms with van der Waals surface area (Å²) in [7, 11) is 0. The molecule has 3 aliphatic rings. The Morgan fingerprint density at radius 2 is 1.30 bits per heavy atom. The average Bonchev–Trinajstić information content (AvgIpc) is 3.56. The Morgan fingerprint density at radius 3 is 1.83 bits per heavy atom. The van der Waals surface area contributed by atoms with Crippen LogP contribution in [0.4, 0.5) is 14.5 Å². The number of carbonyl (C=O) groups is 7. The highest BCUT2D eigenvalue weighted by Crippen LogP contribution is 2.32. The maximum absolute atomic E-state index is 13.8. The van der Waals surface area contributed by atoms with Gasteiger partial charge in [-0.05, 0) is 55.9 Å². The fourth-order valence-electron chi connectivity index (χ4n) is 8.14. The van der Waals surface area contributed by atoms with Crippen molar-refractivity contribution in [2.24, 2.45) is 11.8 Å². The van der Waals surface area contributed by atoms with Crippen molar-refractivity contribution >= 4 is 58.1 Å². The molecule has 63 heavy (non-hydrogen) atoms. The Labute approximate surface area is 362 Å². The minimum absolute atomic E-state index is 0.00362. The minimum atomic E-state index is -3.19. The van der Waals surface area contributed by atoms with E-state index >= 15 is 0 Å². The van der Waals surface area contributed by atoms with Crippen LogP contribution < -0.4 is 16.0 Å². The number of nitrogens with zero attached hydrogens (tertiary/aromatic N) is 7. The summed E-state index contributed by atoms with van der Waals surface area (Å²) in [5, 5.41) is 46.3. The van der Waals surface area contributed by atoms with Crippen LogP contribution >= 0.6 is 0 Å². The van der Waals surface area contributed by atoms with Gasteiger partial charge in [0.1, 0.15) is 6.04 Å². The first-order chi connectivity index (χ1) is 30.0. The highest BCUT2D eigenvalue weighted by molar-refractivity contribution is 6.08. The molecule has 2 aromatic rings. The summed E-state index contributed by atoms with van der Waals surface area (Å²) in [6.07, 6.45) is 3.10. The van der Waals surface area contributed by atoms with Crippen molar-refractivity contribution in [3.8, 4) is 6.07 Å². The SMILES string of the molecule is N#C[C@@H]1CC(F)(F)CN1C(=O)CNC(=O)c1ccnc2ccc(NC(=O)[C@H]3CC[C@H](CNC(=O)CN4CCN(CC(=O)O)CCN(CC(=O)O)CCN(CC(=O)O)CC4)CC3)cc12. The van der Waals surface area contributed by atoms with E-state index in [0.717, 1.165) is 4.90 Å². The normalized spacial score (nSPS) is 21.9. The molecule has 0 spiro atoms. The van der Waals surface area contributed by atoms with E-state index in [9.17, 15) is 62.9 Å². The Hall–Kier alpha value is -5.89. The van der Waals surface area contributed by atoms with Gasteiger partial charge in [0.05, 0.1) is 56.4 Å². The van der Waals surface area contributed by atoms with Gasteiger partial charge in [-0.15, -0.1) is 0 Å². The quantitative estimate of drug-likeness (QED) is 0.138. The van der Waals surface area contributed by atoms with Crippen LogP contribution in [0.3, 0.4) is 0 Å². The topological polar surface area (TPSA) is 269 Å². The third-order valence-electron chi connectivity index (χ3n) is 11.6. The van der Waals surface area contributed by atoms with Gasteiger partial charge >= 0.3 is 17.9 Å². The molecule has 3 heterocycles. The number of benzene rings is 1. The summed E-state index contributed by atoms with van der Waals surface area (Å²) in [4.78, 5) is 98.9. The standard InChI is InChI=1S/C41H54F2N10O10/c42-41(43)18-30(19-44)53(26-41)35(55)21-47-40(63)31-7-8-45-33-6-5-29(17-32(31)33)48-39(62)28-3-1-27(2-4-28)20-46-34(54)22-49-9-11-50(23-36(56)57)13-15-52(25-38(60)61)16-14-51(12-10-49)24-37(58)59/h5-8,17,27-28,30H,1-4,9-16,18,20-26H2,(H,46,54)(H,47,63)(H,48,62)(H,56,57)(H,58,59)(H,60,61)/t27-,28-,30-/m0/s1. The minimum Gasteiger partial charge on any atom is -0.480 e. The number of nitrogens with one attached hydrogen (secondary N) is 3. The van der Waals surface area contributed by atoms with Gasteiger partial charge in [-0.3, -0.25) is 58.1 Å². The smallest absolute Gasteiger partial charge is 0.317 e. The van der Waals surface area contributed by atoms with Crippen LogP contribution in [0, 0.1) is 23.2 Å². The van der Waals surface area contributed by atoms with Crippen molar-refractivity contribution in [1.82, 2.24) is 40.1 Å². The predicted molar refractivity (Wildman–Crippen MR) is 221 cm³/mol. The summed E-state index contributed by atoms with van der Waals surface area (Å²) in [6, 6.07) is 6.71. The second-order valence-electron chi connectivity index (χ2n) is 16.3. The average molecular weight is 885 g/mol. The molecule has 1 atom stereocenters. The number of rotatable bonds is 15. The largest absolute Gasteiger partial charge is 0.480 e. The Morgan fingerprint density at radius 1 is 0.762 bits per heavy atom. The van der Waals surface area contributed by atoms with Gasteiger partial charge < -0.3 is 36.2 Å². The van der Waals surface area contributed by atoms with E-state index in [0.29, 0.717) is 61.9 Å². The van der Waals surface area contributed by atoms with Gasteiger partial charge in [0.25, 0.3) is 11.8 Å². The molecule has 5 rings (SSSR count). The van der Waals surface area contributed by atoms with Crippen LogP contribution in [0.2, 0.25) is 0 Å². The van der Waals surface area contributed by atoms with Crippen molar-refractivity contribution in [3.05, 3.63) is 36.0 Å².